The van der Waals surface area contributed by atoms with Gasteiger partial charge < -0.3 is 10.2 Å². The second-order valence-electron chi connectivity index (χ2n) is 2.93. The number of halogens is 6. The molecule has 0 radical (unpaired) electrons. The maximum atomic E-state index is 12.0. The molecule has 0 aliphatic heterocycles. The fourth-order valence-electron chi connectivity index (χ4n) is 0.424. The molecule has 116 valence electrons. The topological polar surface area (TPSA) is 74.6 Å². The molecule has 3 atom stereocenters. The fourth-order valence-corrected chi connectivity index (χ4v) is 0.424. The van der Waals surface area contributed by atoms with E-state index in [1.54, 1.807) is 0 Å². The zero-order valence-electron chi connectivity index (χ0n) is 10.00. The van der Waals surface area contributed by atoms with Crippen molar-refractivity contribution in [1.82, 2.24) is 0 Å². The van der Waals surface area contributed by atoms with E-state index in [2.05, 4.69) is 0 Å². The van der Waals surface area contributed by atoms with Crippen LogP contribution in [0.4, 0.5) is 26.3 Å². The van der Waals surface area contributed by atoms with Gasteiger partial charge in [-0.1, -0.05) is 0 Å². The van der Waals surface area contributed by atoms with E-state index in [1.165, 1.54) is 0 Å². The van der Waals surface area contributed by atoms with Gasteiger partial charge in [0.25, 0.3) is 18.4 Å². The highest BCUT2D eigenvalue weighted by Crippen LogP contribution is 2.18. The van der Waals surface area contributed by atoms with Crippen molar-refractivity contribution in [3.8, 4) is 0 Å². The second-order valence-corrected chi connectivity index (χ2v) is 2.93. The molecule has 0 aliphatic carbocycles. The minimum Gasteiger partial charge on any atom is -0.481 e. The highest BCUT2D eigenvalue weighted by atomic mass is 19.3. The molecule has 0 heterocycles. The zero-order chi connectivity index (χ0) is 16.2. The maximum Gasteiger partial charge on any atom is 0.300 e. The number of carboxylic acid groups (broad SMARTS) is 2. The van der Waals surface area contributed by atoms with E-state index in [4.69, 9.17) is 19.8 Å². The smallest absolute Gasteiger partial charge is 0.300 e. The molecule has 3 unspecified atom stereocenters. The number of carbonyl (C=O) groups is 2. The number of aliphatic carboxylic acids is 2. The first-order valence-electron chi connectivity index (χ1n) is 4.62. The van der Waals surface area contributed by atoms with Crippen LogP contribution < -0.4 is 0 Å². The van der Waals surface area contributed by atoms with Gasteiger partial charge in [0, 0.05) is 13.8 Å². The minimum atomic E-state index is -3.62. The number of rotatable bonds is 4. The predicted octanol–water partition coefficient (Wildman–Crippen LogP) is 2.42. The first kappa shape index (κ1) is 22.7. The lowest BCUT2D eigenvalue weighted by atomic mass is 10.2. The van der Waals surface area contributed by atoms with Gasteiger partial charge >= 0.3 is 0 Å². The molecule has 0 bridgehead atoms. The van der Waals surface area contributed by atoms with Crippen LogP contribution in [0.15, 0.2) is 0 Å². The van der Waals surface area contributed by atoms with Crippen LogP contribution in [-0.2, 0) is 9.59 Å². The Hall–Kier alpha value is -1.48. The van der Waals surface area contributed by atoms with E-state index in [0.29, 0.717) is 0 Å². The van der Waals surface area contributed by atoms with Crippen molar-refractivity contribution in [2.24, 2.45) is 0 Å². The predicted molar refractivity (Wildman–Crippen MR) is 53.3 cm³/mol. The Morgan fingerprint density at radius 1 is 0.895 bits per heavy atom. The van der Waals surface area contributed by atoms with Gasteiger partial charge in [-0.25, -0.2) is 26.3 Å². The SMILES string of the molecule is CC(=O)O.CC(=O)O.FCC(F)C(F)C(F)C(F)F. The van der Waals surface area contributed by atoms with Gasteiger partial charge in [-0.15, -0.1) is 0 Å². The van der Waals surface area contributed by atoms with Crippen LogP contribution in [0.3, 0.4) is 0 Å². The van der Waals surface area contributed by atoms with E-state index in [9.17, 15) is 26.3 Å². The number of carboxylic acids is 2. The lowest BCUT2D eigenvalue weighted by molar-refractivity contribution is -0.135. The average Bonchev–Trinajstić information content (AvgIpc) is 2.24. The molecule has 10 heteroatoms. The summed E-state index contributed by atoms with van der Waals surface area (Å²) in [4.78, 5) is 18.0. The summed E-state index contributed by atoms with van der Waals surface area (Å²) in [6, 6.07) is 0. The van der Waals surface area contributed by atoms with E-state index < -0.39 is 43.6 Å². The molecule has 19 heavy (non-hydrogen) atoms. The molecule has 0 fully saturated rings. The Balaban J connectivity index is -0.000000264. The second kappa shape index (κ2) is 13.0. The van der Waals surface area contributed by atoms with Crippen LogP contribution in [0.25, 0.3) is 0 Å². The molecule has 0 spiro atoms. The third-order valence-electron chi connectivity index (χ3n) is 1.04. The largest absolute Gasteiger partial charge is 0.481 e. The van der Waals surface area contributed by atoms with Crippen molar-refractivity contribution >= 4 is 11.9 Å². The monoisotopic (exact) mass is 300 g/mol. The maximum absolute atomic E-state index is 12.0. The molecule has 0 amide bonds. The fraction of sp³-hybridized carbons (Fsp3) is 0.778. The molecular formula is C9H14F6O4. The molecule has 2 N–H and O–H groups in total. The Morgan fingerprint density at radius 3 is 1.32 bits per heavy atom. The summed E-state index contributed by atoms with van der Waals surface area (Å²) in [5.74, 6) is -1.67. The first-order valence-corrected chi connectivity index (χ1v) is 4.62. The summed E-state index contributed by atoms with van der Waals surface area (Å²) in [5, 5.41) is 14.8. The highest BCUT2D eigenvalue weighted by Gasteiger charge is 2.36. The van der Waals surface area contributed by atoms with E-state index >= 15 is 0 Å². The molecule has 0 saturated heterocycles. The van der Waals surface area contributed by atoms with Crippen LogP contribution in [0, 0.1) is 0 Å². The Kier molecular flexibility index (Phi) is 15.5. The molecule has 0 aromatic rings. The number of hydrogen-bond donors (Lipinski definition) is 2. The van der Waals surface area contributed by atoms with Crippen molar-refractivity contribution in [3.63, 3.8) is 0 Å². The molecule has 0 aliphatic rings. The van der Waals surface area contributed by atoms with Crippen LogP contribution in [-0.4, -0.2) is 53.8 Å². The van der Waals surface area contributed by atoms with Crippen molar-refractivity contribution in [1.29, 1.82) is 0 Å². The Bertz CT molecular complexity index is 231. The van der Waals surface area contributed by atoms with Crippen molar-refractivity contribution in [3.05, 3.63) is 0 Å². The summed E-state index contributed by atoms with van der Waals surface area (Å²) >= 11 is 0. The third-order valence-corrected chi connectivity index (χ3v) is 1.04. The summed E-state index contributed by atoms with van der Waals surface area (Å²) < 4.78 is 69.4. The Morgan fingerprint density at radius 2 is 1.16 bits per heavy atom. The highest BCUT2D eigenvalue weighted by molar-refractivity contribution is 5.63. The number of hydrogen-bond acceptors (Lipinski definition) is 2. The molecule has 0 rings (SSSR count). The Labute approximate surface area is 105 Å². The normalized spacial score (nSPS) is 14.2. The van der Waals surface area contributed by atoms with Gasteiger partial charge in [0.1, 0.15) is 6.67 Å². The quantitative estimate of drug-likeness (QED) is 0.782. The van der Waals surface area contributed by atoms with Crippen LogP contribution in [0.2, 0.25) is 0 Å². The molecule has 0 aromatic carbocycles. The van der Waals surface area contributed by atoms with Gasteiger partial charge in [0.05, 0.1) is 0 Å². The zero-order valence-corrected chi connectivity index (χ0v) is 10.00. The van der Waals surface area contributed by atoms with E-state index in [1.807, 2.05) is 0 Å². The van der Waals surface area contributed by atoms with Gasteiger partial charge in [0.2, 0.25) is 0 Å². The first-order chi connectivity index (χ1) is 8.47. The van der Waals surface area contributed by atoms with Crippen molar-refractivity contribution in [2.45, 2.75) is 38.8 Å². The summed E-state index contributed by atoms with van der Waals surface area (Å²) in [6.07, 6.45) is -12.8. The summed E-state index contributed by atoms with van der Waals surface area (Å²) in [7, 11) is 0. The van der Waals surface area contributed by atoms with Crippen LogP contribution in [0.5, 0.6) is 0 Å². The lowest BCUT2D eigenvalue weighted by Gasteiger charge is -2.13. The van der Waals surface area contributed by atoms with E-state index in [0.717, 1.165) is 13.8 Å². The van der Waals surface area contributed by atoms with Crippen LogP contribution >= 0.6 is 0 Å². The third kappa shape index (κ3) is 22.2. The van der Waals surface area contributed by atoms with Crippen molar-refractivity contribution < 1.29 is 46.1 Å². The standard InChI is InChI=1S/C5H6F6.2C2H4O2/c6-1-2(7)3(8)4(9)5(10)11;2*1-2(3)4/h2-5H,1H2;2*1H3,(H,3,4). The lowest BCUT2D eigenvalue weighted by Crippen LogP contribution is -2.34. The minimum absolute atomic E-state index is 0.833. The average molecular weight is 300 g/mol. The molecule has 0 saturated carbocycles. The van der Waals surface area contributed by atoms with E-state index in [-0.39, 0.29) is 0 Å². The van der Waals surface area contributed by atoms with Gasteiger partial charge in [0.15, 0.2) is 18.5 Å². The molecule has 0 aromatic heterocycles. The summed E-state index contributed by atoms with van der Waals surface area (Å²) in [5.41, 5.74) is 0. The van der Waals surface area contributed by atoms with Gasteiger partial charge in [-0.2, -0.15) is 0 Å². The van der Waals surface area contributed by atoms with Crippen molar-refractivity contribution in [2.75, 3.05) is 6.67 Å². The van der Waals surface area contributed by atoms with Crippen LogP contribution in [0.1, 0.15) is 13.8 Å². The van der Waals surface area contributed by atoms with Gasteiger partial charge in [-0.3, -0.25) is 9.59 Å². The molecular weight excluding hydrogens is 286 g/mol. The van der Waals surface area contributed by atoms with Gasteiger partial charge in [-0.05, 0) is 0 Å². The number of alkyl halides is 6. The summed E-state index contributed by atoms with van der Waals surface area (Å²) in [6.45, 7) is 0.369. The molecule has 4 nitrogen and oxygen atoms in total.